The smallest absolute Gasteiger partial charge is 0.274 e. The summed E-state index contributed by atoms with van der Waals surface area (Å²) in [6.45, 7) is 7.78. The van der Waals surface area contributed by atoms with Crippen LogP contribution in [0.3, 0.4) is 0 Å². The maximum absolute atomic E-state index is 12.7. The molecule has 2 saturated heterocycles. The molecule has 5 nitrogen and oxygen atoms in total. The fraction of sp³-hybridized carbons (Fsp3) is 0.688. The van der Waals surface area contributed by atoms with Gasteiger partial charge in [-0.05, 0) is 31.2 Å². The van der Waals surface area contributed by atoms with Crippen molar-refractivity contribution in [3.63, 3.8) is 0 Å². The van der Waals surface area contributed by atoms with Crippen LogP contribution in [0.25, 0.3) is 0 Å². The van der Waals surface area contributed by atoms with Gasteiger partial charge in [-0.2, -0.15) is 0 Å². The average molecular weight is 323 g/mol. The lowest BCUT2D eigenvalue weighted by Crippen LogP contribution is -2.44. The summed E-state index contributed by atoms with van der Waals surface area (Å²) in [7, 11) is 0. The maximum Gasteiger partial charge on any atom is 0.274 e. The summed E-state index contributed by atoms with van der Waals surface area (Å²) in [6.07, 6.45) is 4.89. The molecule has 2 aliphatic heterocycles. The number of halogens is 1. The maximum atomic E-state index is 12.7. The van der Waals surface area contributed by atoms with E-state index in [1.807, 2.05) is 18.7 Å². The third-order valence-electron chi connectivity index (χ3n) is 4.93. The van der Waals surface area contributed by atoms with Crippen molar-refractivity contribution in [1.29, 1.82) is 0 Å². The lowest BCUT2D eigenvalue weighted by Gasteiger charge is -2.38. The Morgan fingerprint density at radius 2 is 2.09 bits per heavy atom. The molecule has 3 rings (SSSR count). The van der Waals surface area contributed by atoms with Crippen LogP contribution in [0.1, 0.15) is 55.3 Å². The number of rotatable bonds is 2. The van der Waals surface area contributed by atoms with E-state index in [1.165, 1.54) is 6.42 Å². The number of aromatic nitrogens is 2. The molecular weight excluding hydrogens is 300 g/mol. The van der Waals surface area contributed by atoms with Crippen molar-refractivity contribution in [2.24, 2.45) is 5.41 Å². The summed E-state index contributed by atoms with van der Waals surface area (Å²) in [5.41, 5.74) is 0.746. The molecule has 0 radical (unpaired) electrons. The number of nitrogens with one attached hydrogen (secondary N) is 1. The largest absolute Gasteiger partial charge is 0.337 e. The first kappa shape index (κ1) is 15.7. The van der Waals surface area contributed by atoms with Crippen molar-refractivity contribution in [3.05, 3.63) is 22.7 Å². The number of likely N-dealkylation sites (tertiary alicyclic amines) is 1. The van der Waals surface area contributed by atoms with Gasteiger partial charge in [-0.3, -0.25) is 4.79 Å². The van der Waals surface area contributed by atoms with Gasteiger partial charge in [0.2, 0.25) is 0 Å². The minimum Gasteiger partial charge on any atom is -0.337 e. The lowest BCUT2D eigenvalue weighted by molar-refractivity contribution is 0.0601. The van der Waals surface area contributed by atoms with E-state index >= 15 is 0 Å². The summed E-state index contributed by atoms with van der Waals surface area (Å²) >= 11 is 6.15. The molecule has 0 atom stereocenters. The van der Waals surface area contributed by atoms with Crippen molar-refractivity contribution >= 4 is 17.5 Å². The fourth-order valence-corrected chi connectivity index (χ4v) is 3.54. The molecule has 3 heterocycles. The zero-order valence-corrected chi connectivity index (χ0v) is 14.0. The van der Waals surface area contributed by atoms with Crippen LogP contribution in [0, 0.1) is 5.41 Å². The Hall–Kier alpha value is -1.20. The highest BCUT2D eigenvalue weighted by atomic mass is 35.5. The van der Waals surface area contributed by atoms with E-state index in [0.29, 0.717) is 22.0 Å². The van der Waals surface area contributed by atoms with E-state index in [0.717, 1.165) is 39.0 Å². The van der Waals surface area contributed by atoms with Crippen LogP contribution in [0.15, 0.2) is 6.20 Å². The summed E-state index contributed by atoms with van der Waals surface area (Å²) in [5, 5.41) is 3.79. The summed E-state index contributed by atoms with van der Waals surface area (Å²) < 4.78 is 0. The minimum atomic E-state index is -0.0601. The Labute approximate surface area is 136 Å². The third-order valence-corrected chi connectivity index (χ3v) is 5.20. The predicted molar refractivity (Wildman–Crippen MR) is 86.2 cm³/mol. The van der Waals surface area contributed by atoms with Gasteiger partial charge in [0, 0.05) is 25.6 Å². The second-order valence-corrected chi connectivity index (χ2v) is 7.21. The predicted octanol–water partition coefficient (Wildman–Crippen LogP) is 2.47. The zero-order valence-electron chi connectivity index (χ0n) is 13.2. The molecular formula is C16H23ClN4O. The van der Waals surface area contributed by atoms with Crippen molar-refractivity contribution in [3.8, 4) is 0 Å². The number of carbonyl (C=O) groups excluding carboxylic acids is 1. The molecule has 0 unspecified atom stereocenters. The summed E-state index contributed by atoms with van der Waals surface area (Å²) in [5.74, 6) is 0.786. The Morgan fingerprint density at radius 1 is 1.36 bits per heavy atom. The van der Waals surface area contributed by atoms with E-state index in [4.69, 9.17) is 11.6 Å². The van der Waals surface area contributed by atoms with Gasteiger partial charge >= 0.3 is 0 Å². The number of hydrogen-bond donors (Lipinski definition) is 1. The number of nitrogens with zero attached hydrogens (tertiary/aromatic N) is 3. The van der Waals surface area contributed by atoms with Gasteiger partial charge in [-0.25, -0.2) is 9.97 Å². The van der Waals surface area contributed by atoms with Crippen molar-refractivity contribution in [1.82, 2.24) is 20.2 Å². The molecule has 0 saturated carbocycles. The van der Waals surface area contributed by atoms with E-state index in [2.05, 4.69) is 15.3 Å². The molecule has 22 heavy (non-hydrogen) atoms. The van der Waals surface area contributed by atoms with Crippen LogP contribution in [-0.4, -0.2) is 47.0 Å². The normalized spacial score (nSPS) is 20.8. The second kappa shape index (κ2) is 6.13. The average Bonchev–Trinajstić information content (AvgIpc) is 2.96. The quantitative estimate of drug-likeness (QED) is 0.908. The van der Waals surface area contributed by atoms with Crippen LogP contribution >= 0.6 is 11.6 Å². The SMILES string of the molecule is CC(C)c1ncc(Cl)c(C(=O)N2CCC3(CCNC3)CC2)n1. The van der Waals surface area contributed by atoms with Crippen LogP contribution in [0.2, 0.25) is 5.02 Å². The third kappa shape index (κ3) is 2.97. The molecule has 2 fully saturated rings. The Morgan fingerprint density at radius 3 is 2.68 bits per heavy atom. The van der Waals surface area contributed by atoms with E-state index in [9.17, 15) is 4.79 Å². The van der Waals surface area contributed by atoms with Crippen LogP contribution in [-0.2, 0) is 0 Å². The number of piperidine rings is 1. The van der Waals surface area contributed by atoms with Gasteiger partial charge < -0.3 is 10.2 Å². The topological polar surface area (TPSA) is 58.1 Å². The van der Waals surface area contributed by atoms with Crippen LogP contribution in [0.5, 0.6) is 0 Å². The molecule has 0 aliphatic carbocycles. The Balaban J connectivity index is 1.73. The summed E-state index contributed by atoms with van der Waals surface area (Å²) in [6, 6.07) is 0. The highest BCUT2D eigenvalue weighted by Gasteiger charge is 2.38. The highest BCUT2D eigenvalue weighted by molar-refractivity contribution is 6.33. The van der Waals surface area contributed by atoms with Gasteiger partial charge in [0.05, 0.1) is 11.2 Å². The van der Waals surface area contributed by atoms with Crippen molar-refractivity contribution in [2.45, 2.75) is 39.0 Å². The molecule has 1 aromatic heterocycles. The lowest BCUT2D eigenvalue weighted by atomic mass is 9.78. The minimum absolute atomic E-state index is 0.0601. The van der Waals surface area contributed by atoms with E-state index < -0.39 is 0 Å². The van der Waals surface area contributed by atoms with E-state index in [-0.39, 0.29) is 11.8 Å². The Bertz CT molecular complexity index is 559. The first-order chi connectivity index (χ1) is 10.5. The molecule has 6 heteroatoms. The molecule has 1 spiro atoms. The standard InChI is InChI=1S/C16H23ClN4O/c1-11(2)14-19-9-12(17)13(20-14)15(22)21-7-4-16(5-8-21)3-6-18-10-16/h9,11,18H,3-8,10H2,1-2H3. The Kier molecular flexibility index (Phi) is 4.37. The van der Waals surface area contributed by atoms with Gasteiger partial charge in [0.1, 0.15) is 5.82 Å². The second-order valence-electron chi connectivity index (χ2n) is 6.80. The number of hydrogen-bond acceptors (Lipinski definition) is 4. The zero-order chi connectivity index (χ0) is 15.7. The van der Waals surface area contributed by atoms with Crippen LogP contribution in [0.4, 0.5) is 0 Å². The van der Waals surface area contributed by atoms with Gasteiger partial charge in [0.15, 0.2) is 5.69 Å². The molecule has 120 valence electrons. The molecule has 1 amide bonds. The first-order valence-electron chi connectivity index (χ1n) is 8.03. The number of carbonyl (C=O) groups is 1. The number of amides is 1. The monoisotopic (exact) mass is 322 g/mol. The van der Waals surface area contributed by atoms with Crippen molar-refractivity contribution in [2.75, 3.05) is 26.2 Å². The summed E-state index contributed by atoms with van der Waals surface area (Å²) in [4.78, 5) is 23.2. The fourth-order valence-electron chi connectivity index (χ4n) is 3.37. The first-order valence-corrected chi connectivity index (χ1v) is 8.41. The molecule has 0 aromatic carbocycles. The van der Waals surface area contributed by atoms with Gasteiger partial charge in [-0.15, -0.1) is 0 Å². The molecule has 1 N–H and O–H groups in total. The molecule has 1 aromatic rings. The van der Waals surface area contributed by atoms with Gasteiger partial charge in [-0.1, -0.05) is 25.4 Å². The molecule has 0 bridgehead atoms. The van der Waals surface area contributed by atoms with E-state index in [1.54, 1.807) is 6.20 Å². The highest BCUT2D eigenvalue weighted by Crippen LogP contribution is 2.37. The molecule has 2 aliphatic rings. The van der Waals surface area contributed by atoms with Crippen molar-refractivity contribution < 1.29 is 4.79 Å². The van der Waals surface area contributed by atoms with Crippen LogP contribution < -0.4 is 5.32 Å². The van der Waals surface area contributed by atoms with Gasteiger partial charge in [0.25, 0.3) is 5.91 Å².